The van der Waals surface area contributed by atoms with E-state index in [1.807, 2.05) is 16.3 Å². The van der Waals surface area contributed by atoms with Gasteiger partial charge >= 0.3 is 0 Å². The van der Waals surface area contributed by atoms with E-state index in [2.05, 4.69) is 16.3 Å². The number of hydrogen-bond donors (Lipinski definition) is 1. The standard InChI is InChI=1S/C11H14N4S/c12-3-10-7-16-11(14-10)9-4-13-15(6-9)5-8-1-2-8/h4,6-8H,1-3,5,12H2. The quantitative estimate of drug-likeness (QED) is 0.878. The van der Waals surface area contributed by atoms with Crippen molar-refractivity contribution in [2.24, 2.45) is 11.7 Å². The average Bonchev–Trinajstić information content (AvgIpc) is 2.83. The summed E-state index contributed by atoms with van der Waals surface area (Å²) in [7, 11) is 0. The van der Waals surface area contributed by atoms with Crippen LogP contribution in [0.25, 0.3) is 10.6 Å². The second kappa shape index (κ2) is 3.99. The molecule has 0 atom stereocenters. The van der Waals surface area contributed by atoms with Crippen molar-refractivity contribution in [2.45, 2.75) is 25.9 Å². The van der Waals surface area contributed by atoms with Gasteiger partial charge in [0.05, 0.1) is 11.9 Å². The van der Waals surface area contributed by atoms with E-state index in [-0.39, 0.29) is 0 Å². The monoisotopic (exact) mass is 234 g/mol. The second-order valence-corrected chi connectivity index (χ2v) is 5.10. The van der Waals surface area contributed by atoms with Crippen molar-refractivity contribution in [3.8, 4) is 10.6 Å². The summed E-state index contributed by atoms with van der Waals surface area (Å²) in [6, 6.07) is 0. The van der Waals surface area contributed by atoms with Crippen LogP contribution in [0, 0.1) is 5.92 Å². The van der Waals surface area contributed by atoms with E-state index in [1.54, 1.807) is 11.3 Å². The van der Waals surface area contributed by atoms with Crippen LogP contribution in [0.5, 0.6) is 0 Å². The maximum atomic E-state index is 5.54. The zero-order chi connectivity index (χ0) is 11.0. The Balaban J connectivity index is 1.79. The van der Waals surface area contributed by atoms with E-state index in [9.17, 15) is 0 Å². The van der Waals surface area contributed by atoms with Crippen LogP contribution in [0.3, 0.4) is 0 Å². The summed E-state index contributed by atoms with van der Waals surface area (Å²) in [6.07, 6.45) is 6.67. The highest BCUT2D eigenvalue weighted by Crippen LogP contribution is 2.31. The molecule has 2 heterocycles. The predicted molar refractivity (Wildman–Crippen MR) is 64.0 cm³/mol. The van der Waals surface area contributed by atoms with Gasteiger partial charge in [-0.25, -0.2) is 4.98 Å². The van der Waals surface area contributed by atoms with Crippen molar-refractivity contribution < 1.29 is 0 Å². The fraction of sp³-hybridized carbons (Fsp3) is 0.455. The van der Waals surface area contributed by atoms with Gasteiger partial charge in [0, 0.05) is 30.2 Å². The Morgan fingerprint density at radius 3 is 3.06 bits per heavy atom. The molecule has 2 N–H and O–H groups in total. The third kappa shape index (κ3) is 2.01. The van der Waals surface area contributed by atoms with Gasteiger partial charge in [0.15, 0.2) is 0 Å². The van der Waals surface area contributed by atoms with Gasteiger partial charge < -0.3 is 5.73 Å². The summed E-state index contributed by atoms with van der Waals surface area (Å²) in [6.45, 7) is 1.56. The summed E-state index contributed by atoms with van der Waals surface area (Å²) in [5.74, 6) is 0.851. The van der Waals surface area contributed by atoms with Gasteiger partial charge in [-0.1, -0.05) is 0 Å². The van der Waals surface area contributed by atoms with Crippen molar-refractivity contribution in [3.63, 3.8) is 0 Å². The van der Waals surface area contributed by atoms with E-state index in [4.69, 9.17) is 5.73 Å². The molecule has 1 aliphatic rings. The maximum absolute atomic E-state index is 5.54. The Morgan fingerprint density at radius 2 is 2.38 bits per heavy atom. The Labute approximate surface area is 98.1 Å². The molecule has 16 heavy (non-hydrogen) atoms. The molecule has 1 fully saturated rings. The lowest BCUT2D eigenvalue weighted by Crippen LogP contribution is -1.99. The smallest absolute Gasteiger partial charge is 0.126 e. The van der Waals surface area contributed by atoms with Crippen LogP contribution < -0.4 is 5.73 Å². The number of hydrogen-bond acceptors (Lipinski definition) is 4. The van der Waals surface area contributed by atoms with E-state index < -0.39 is 0 Å². The van der Waals surface area contributed by atoms with Crippen molar-refractivity contribution in [1.82, 2.24) is 14.8 Å². The third-order valence-electron chi connectivity index (χ3n) is 2.78. The molecule has 2 aromatic heterocycles. The van der Waals surface area contributed by atoms with Gasteiger partial charge in [-0.15, -0.1) is 11.3 Å². The topological polar surface area (TPSA) is 56.7 Å². The van der Waals surface area contributed by atoms with Crippen LogP contribution in [0.4, 0.5) is 0 Å². The molecule has 1 aliphatic carbocycles. The zero-order valence-corrected chi connectivity index (χ0v) is 9.78. The van der Waals surface area contributed by atoms with Crippen LogP contribution in [-0.4, -0.2) is 14.8 Å². The van der Waals surface area contributed by atoms with Gasteiger partial charge in [0.1, 0.15) is 5.01 Å². The first kappa shape index (κ1) is 9.99. The molecule has 0 radical (unpaired) electrons. The van der Waals surface area contributed by atoms with Crippen LogP contribution in [0.2, 0.25) is 0 Å². The molecule has 0 spiro atoms. The minimum Gasteiger partial charge on any atom is -0.325 e. The van der Waals surface area contributed by atoms with Crippen LogP contribution in [-0.2, 0) is 13.1 Å². The Morgan fingerprint density at radius 1 is 1.50 bits per heavy atom. The largest absolute Gasteiger partial charge is 0.325 e. The normalized spacial score (nSPS) is 15.6. The second-order valence-electron chi connectivity index (χ2n) is 4.24. The lowest BCUT2D eigenvalue weighted by atomic mass is 10.4. The highest BCUT2D eigenvalue weighted by atomic mass is 32.1. The van der Waals surface area contributed by atoms with E-state index in [0.29, 0.717) is 6.54 Å². The minimum atomic E-state index is 0.507. The van der Waals surface area contributed by atoms with Crippen molar-refractivity contribution in [3.05, 3.63) is 23.5 Å². The lowest BCUT2D eigenvalue weighted by molar-refractivity contribution is 0.563. The number of thiazole rings is 1. The van der Waals surface area contributed by atoms with Gasteiger partial charge in [-0.2, -0.15) is 5.10 Å². The van der Waals surface area contributed by atoms with Crippen molar-refractivity contribution >= 4 is 11.3 Å². The molecule has 0 unspecified atom stereocenters. The van der Waals surface area contributed by atoms with Crippen molar-refractivity contribution in [1.29, 1.82) is 0 Å². The van der Waals surface area contributed by atoms with Gasteiger partial charge in [-0.05, 0) is 18.8 Å². The molecule has 0 saturated heterocycles. The summed E-state index contributed by atoms with van der Waals surface area (Å²) >= 11 is 1.63. The molecule has 0 aromatic carbocycles. The molecule has 0 bridgehead atoms. The summed E-state index contributed by atoms with van der Waals surface area (Å²) in [5.41, 5.74) is 7.60. The number of nitrogens with two attached hydrogens (primary N) is 1. The number of aromatic nitrogens is 3. The van der Waals surface area contributed by atoms with E-state index in [1.165, 1.54) is 12.8 Å². The van der Waals surface area contributed by atoms with Gasteiger partial charge in [0.2, 0.25) is 0 Å². The predicted octanol–water partition coefficient (Wildman–Crippen LogP) is 1.88. The third-order valence-corrected chi connectivity index (χ3v) is 3.72. The number of nitrogens with zero attached hydrogens (tertiary/aromatic N) is 3. The molecular weight excluding hydrogens is 220 g/mol. The fourth-order valence-corrected chi connectivity index (χ4v) is 2.48. The molecule has 84 valence electrons. The molecule has 5 heteroatoms. The SMILES string of the molecule is NCc1csc(-c2cnn(CC3CC3)c2)n1. The summed E-state index contributed by atoms with van der Waals surface area (Å²) < 4.78 is 2.02. The summed E-state index contributed by atoms with van der Waals surface area (Å²) in [4.78, 5) is 4.45. The average molecular weight is 234 g/mol. The highest BCUT2D eigenvalue weighted by molar-refractivity contribution is 7.13. The first-order chi connectivity index (χ1) is 7.85. The first-order valence-electron chi connectivity index (χ1n) is 5.52. The molecule has 2 aromatic rings. The molecule has 0 amide bonds. The van der Waals surface area contributed by atoms with Crippen LogP contribution in [0.1, 0.15) is 18.5 Å². The minimum absolute atomic E-state index is 0.507. The molecule has 0 aliphatic heterocycles. The van der Waals surface area contributed by atoms with Crippen LogP contribution in [0.15, 0.2) is 17.8 Å². The molecule has 3 rings (SSSR count). The summed E-state index contributed by atoms with van der Waals surface area (Å²) in [5, 5.41) is 7.38. The first-order valence-corrected chi connectivity index (χ1v) is 6.40. The molecular formula is C11H14N4S. The van der Waals surface area contributed by atoms with Gasteiger partial charge in [0.25, 0.3) is 0 Å². The Kier molecular flexibility index (Phi) is 2.49. The van der Waals surface area contributed by atoms with E-state index >= 15 is 0 Å². The molecule has 4 nitrogen and oxygen atoms in total. The van der Waals surface area contributed by atoms with Crippen LogP contribution >= 0.6 is 11.3 Å². The van der Waals surface area contributed by atoms with E-state index in [0.717, 1.165) is 28.7 Å². The maximum Gasteiger partial charge on any atom is 0.126 e. The number of rotatable bonds is 4. The van der Waals surface area contributed by atoms with Gasteiger partial charge in [-0.3, -0.25) is 4.68 Å². The lowest BCUT2D eigenvalue weighted by Gasteiger charge is -1.96. The zero-order valence-electron chi connectivity index (χ0n) is 8.97. The highest BCUT2D eigenvalue weighted by Gasteiger charge is 2.22. The van der Waals surface area contributed by atoms with Crippen molar-refractivity contribution in [2.75, 3.05) is 0 Å². The fourth-order valence-electron chi connectivity index (χ4n) is 1.67. The Bertz CT molecular complexity index is 484. The molecule has 1 saturated carbocycles. The Hall–Kier alpha value is -1.20.